The van der Waals surface area contributed by atoms with Crippen molar-refractivity contribution in [2.75, 3.05) is 39.2 Å². The van der Waals surface area contributed by atoms with Gasteiger partial charge < -0.3 is 25.2 Å². The Morgan fingerprint density at radius 2 is 1.90 bits per heavy atom. The lowest BCUT2D eigenvalue weighted by atomic mass is 10.2. The van der Waals surface area contributed by atoms with Crippen LogP contribution in [0.5, 0.6) is 11.5 Å². The van der Waals surface area contributed by atoms with Crippen LogP contribution >= 0.6 is 0 Å². The second kappa shape index (κ2) is 8.28. The van der Waals surface area contributed by atoms with E-state index in [1.807, 2.05) is 0 Å². The number of nitro groups is 1. The summed E-state index contributed by atoms with van der Waals surface area (Å²) in [5.41, 5.74) is 0.277. The van der Waals surface area contributed by atoms with Crippen molar-refractivity contribution < 1.29 is 19.5 Å². The van der Waals surface area contributed by atoms with Crippen molar-refractivity contribution in [3.8, 4) is 11.5 Å². The number of nitro benzene ring substituents is 1. The van der Waals surface area contributed by atoms with Gasteiger partial charge in [-0.2, -0.15) is 0 Å². The van der Waals surface area contributed by atoms with Crippen LogP contribution in [0.4, 0.5) is 11.4 Å². The molecule has 0 fully saturated rings. The van der Waals surface area contributed by atoms with E-state index < -0.39 is 11.0 Å². The van der Waals surface area contributed by atoms with Crippen LogP contribution in [0.2, 0.25) is 0 Å². The lowest BCUT2D eigenvalue weighted by Gasteiger charge is -2.12. The molecule has 1 aromatic rings. The summed E-state index contributed by atoms with van der Waals surface area (Å²) < 4.78 is 10.2. The van der Waals surface area contributed by atoms with E-state index in [-0.39, 0.29) is 5.69 Å². The molecule has 0 saturated carbocycles. The average molecular weight is 299 g/mol. The summed E-state index contributed by atoms with van der Waals surface area (Å²) in [7, 11) is 2.90. The molecule has 8 nitrogen and oxygen atoms in total. The highest BCUT2D eigenvalue weighted by atomic mass is 16.6. The fraction of sp³-hybridized carbons (Fsp3) is 0.538. The van der Waals surface area contributed by atoms with Gasteiger partial charge in [0.2, 0.25) is 0 Å². The number of nitrogens with zero attached hydrogens (tertiary/aromatic N) is 1. The number of methoxy groups -OCH3 is 2. The molecule has 1 rings (SSSR count). The second-order valence-electron chi connectivity index (χ2n) is 4.46. The summed E-state index contributed by atoms with van der Waals surface area (Å²) in [6, 6.07) is 2.86. The number of hydrogen-bond acceptors (Lipinski definition) is 7. The van der Waals surface area contributed by atoms with E-state index in [2.05, 4.69) is 10.6 Å². The van der Waals surface area contributed by atoms with Crippen LogP contribution in [0.15, 0.2) is 12.1 Å². The Labute approximate surface area is 123 Å². The maximum absolute atomic E-state index is 11.1. The predicted octanol–water partition coefficient (Wildman–Crippen LogP) is 0.994. The van der Waals surface area contributed by atoms with Crippen molar-refractivity contribution in [1.29, 1.82) is 0 Å². The average Bonchev–Trinajstić information content (AvgIpc) is 2.45. The van der Waals surface area contributed by atoms with Crippen molar-refractivity contribution >= 4 is 11.4 Å². The smallest absolute Gasteiger partial charge is 0.296 e. The molecule has 1 atom stereocenters. The molecular weight excluding hydrogens is 278 g/mol. The minimum atomic E-state index is -0.479. The molecular formula is C13H21N3O5. The molecule has 0 amide bonds. The normalized spacial score (nSPS) is 11.8. The van der Waals surface area contributed by atoms with E-state index in [4.69, 9.17) is 14.6 Å². The van der Waals surface area contributed by atoms with E-state index in [0.29, 0.717) is 36.8 Å². The van der Waals surface area contributed by atoms with Crippen LogP contribution in [0.3, 0.4) is 0 Å². The third kappa shape index (κ3) is 5.09. The van der Waals surface area contributed by atoms with Crippen molar-refractivity contribution in [1.82, 2.24) is 5.32 Å². The molecule has 1 unspecified atom stereocenters. The summed E-state index contributed by atoms with van der Waals surface area (Å²) in [5, 5.41) is 26.2. The van der Waals surface area contributed by atoms with Gasteiger partial charge in [-0.05, 0) is 6.92 Å². The van der Waals surface area contributed by atoms with Gasteiger partial charge in [-0.15, -0.1) is 0 Å². The zero-order valence-electron chi connectivity index (χ0n) is 12.4. The van der Waals surface area contributed by atoms with Gasteiger partial charge in [-0.25, -0.2) is 0 Å². The first-order valence-electron chi connectivity index (χ1n) is 6.52. The van der Waals surface area contributed by atoms with Gasteiger partial charge in [0.25, 0.3) is 5.69 Å². The summed E-state index contributed by atoms with van der Waals surface area (Å²) in [4.78, 5) is 10.6. The third-order valence-corrected chi connectivity index (χ3v) is 2.76. The number of benzene rings is 1. The Balaban J connectivity index is 2.77. The molecule has 21 heavy (non-hydrogen) atoms. The van der Waals surface area contributed by atoms with Crippen LogP contribution in [-0.4, -0.2) is 50.0 Å². The minimum Gasteiger partial charge on any atom is -0.493 e. The molecule has 0 saturated heterocycles. The highest BCUT2D eigenvalue weighted by molar-refractivity contribution is 5.68. The van der Waals surface area contributed by atoms with Crippen molar-refractivity contribution in [2.24, 2.45) is 0 Å². The zero-order valence-corrected chi connectivity index (χ0v) is 12.4. The van der Waals surface area contributed by atoms with E-state index in [1.165, 1.54) is 26.4 Å². The molecule has 0 aliphatic carbocycles. The predicted molar refractivity (Wildman–Crippen MR) is 79.2 cm³/mol. The van der Waals surface area contributed by atoms with E-state index in [1.54, 1.807) is 6.92 Å². The molecule has 0 aliphatic rings. The number of anilines is 1. The first-order chi connectivity index (χ1) is 9.99. The number of hydrogen-bond donors (Lipinski definition) is 3. The molecule has 0 aliphatic heterocycles. The molecule has 1 aromatic carbocycles. The SMILES string of the molecule is COc1cc(NCCNCC(C)O)c([N+](=O)[O-])cc1OC. The van der Waals surface area contributed by atoms with E-state index in [9.17, 15) is 10.1 Å². The van der Waals surface area contributed by atoms with Crippen molar-refractivity contribution in [2.45, 2.75) is 13.0 Å². The highest BCUT2D eigenvalue weighted by Crippen LogP contribution is 2.37. The molecule has 0 bridgehead atoms. The molecule has 0 radical (unpaired) electrons. The summed E-state index contributed by atoms with van der Waals surface area (Å²) in [6.07, 6.45) is -0.430. The first kappa shape index (κ1) is 17.0. The quantitative estimate of drug-likeness (QED) is 0.355. The lowest BCUT2D eigenvalue weighted by molar-refractivity contribution is -0.384. The molecule has 0 spiro atoms. The van der Waals surface area contributed by atoms with Gasteiger partial charge in [0.15, 0.2) is 11.5 Å². The molecule has 3 N–H and O–H groups in total. The summed E-state index contributed by atoms with van der Waals surface area (Å²) in [6.45, 7) is 3.19. The number of aliphatic hydroxyl groups is 1. The van der Waals surface area contributed by atoms with E-state index in [0.717, 1.165) is 0 Å². The second-order valence-corrected chi connectivity index (χ2v) is 4.46. The Morgan fingerprint density at radius 3 is 2.43 bits per heavy atom. The third-order valence-electron chi connectivity index (χ3n) is 2.76. The van der Waals surface area contributed by atoms with Crippen LogP contribution < -0.4 is 20.1 Å². The Kier molecular flexibility index (Phi) is 6.70. The van der Waals surface area contributed by atoms with Crippen LogP contribution in [0.1, 0.15) is 6.92 Å². The monoisotopic (exact) mass is 299 g/mol. The first-order valence-corrected chi connectivity index (χ1v) is 6.52. The van der Waals surface area contributed by atoms with Gasteiger partial charge >= 0.3 is 0 Å². The number of rotatable bonds is 9. The summed E-state index contributed by atoms with van der Waals surface area (Å²) in [5.74, 6) is 0.726. The van der Waals surface area contributed by atoms with Gasteiger partial charge in [0.1, 0.15) is 5.69 Å². The fourth-order valence-corrected chi connectivity index (χ4v) is 1.76. The van der Waals surface area contributed by atoms with Crippen LogP contribution in [0.25, 0.3) is 0 Å². The van der Waals surface area contributed by atoms with Crippen molar-refractivity contribution in [3.05, 3.63) is 22.2 Å². The van der Waals surface area contributed by atoms with Crippen molar-refractivity contribution in [3.63, 3.8) is 0 Å². The molecule has 8 heteroatoms. The fourth-order valence-electron chi connectivity index (χ4n) is 1.76. The molecule has 0 aromatic heterocycles. The number of ether oxygens (including phenoxy) is 2. The maximum Gasteiger partial charge on any atom is 0.296 e. The minimum absolute atomic E-state index is 0.0804. The Bertz CT molecular complexity index is 479. The van der Waals surface area contributed by atoms with Gasteiger partial charge in [0.05, 0.1) is 31.3 Å². The van der Waals surface area contributed by atoms with Crippen LogP contribution in [-0.2, 0) is 0 Å². The summed E-state index contributed by atoms with van der Waals surface area (Å²) >= 11 is 0. The molecule has 0 heterocycles. The Morgan fingerprint density at radius 1 is 1.29 bits per heavy atom. The largest absolute Gasteiger partial charge is 0.493 e. The Hall–Kier alpha value is -2.06. The standard InChI is InChI=1S/C13H21N3O5/c1-9(17)8-14-4-5-15-10-6-12(20-2)13(21-3)7-11(10)16(18)19/h6-7,9,14-15,17H,4-5,8H2,1-3H3. The van der Waals surface area contributed by atoms with E-state index >= 15 is 0 Å². The van der Waals surface area contributed by atoms with Gasteiger partial charge in [-0.3, -0.25) is 10.1 Å². The zero-order chi connectivity index (χ0) is 15.8. The molecule has 118 valence electrons. The van der Waals surface area contributed by atoms with Gasteiger partial charge in [-0.1, -0.05) is 0 Å². The lowest BCUT2D eigenvalue weighted by Crippen LogP contribution is -2.29. The number of aliphatic hydroxyl groups excluding tert-OH is 1. The highest BCUT2D eigenvalue weighted by Gasteiger charge is 2.19. The number of nitrogens with one attached hydrogen (secondary N) is 2. The topological polar surface area (TPSA) is 106 Å². The van der Waals surface area contributed by atoms with Crippen LogP contribution in [0, 0.1) is 10.1 Å². The maximum atomic E-state index is 11.1. The van der Waals surface area contributed by atoms with Gasteiger partial charge in [0, 0.05) is 25.7 Å².